The molecular formula is C22H22N4O2S. The van der Waals surface area contributed by atoms with Crippen LogP contribution in [0.1, 0.15) is 30.8 Å². The molecule has 0 aliphatic carbocycles. The van der Waals surface area contributed by atoms with Crippen LogP contribution in [0.5, 0.6) is 5.75 Å². The monoisotopic (exact) mass is 406 g/mol. The lowest BCUT2D eigenvalue weighted by molar-refractivity contribution is -0.114. The van der Waals surface area contributed by atoms with Crippen molar-refractivity contribution in [3.05, 3.63) is 64.0 Å². The van der Waals surface area contributed by atoms with Crippen molar-refractivity contribution in [2.24, 2.45) is 4.99 Å². The first-order valence-electron chi connectivity index (χ1n) is 9.40. The first-order valence-corrected chi connectivity index (χ1v) is 10.2. The van der Waals surface area contributed by atoms with Gasteiger partial charge in [-0.05, 0) is 69.7 Å². The number of carbonyl (C=O) groups is 1. The molecule has 1 N–H and O–H groups in total. The number of nitrogens with zero attached hydrogens (tertiary/aromatic N) is 3. The summed E-state index contributed by atoms with van der Waals surface area (Å²) in [5.74, 6) is 0.626. The molecule has 3 heterocycles. The van der Waals surface area contributed by atoms with E-state index < -0.39 is 0 Å². The van der Waals surface area contributed by atoms with Gasteiger partial charge in [0.1, 0.15) is 11.6 Å². The number of hydrogen-bond acceptors (Lipinski definition) is 4. The lowest BCUT2D eigenvalue weighted by atomic mass is 10.1. The third-order valence-electron chi connectivity index (χ3n) is 4.87. The van der Waals surface area contributed by atoms with E-state index in [1.54, 1.807) is 11.0 Å². The van der Waals surface area contributed by atoms with Gasteiger partial charge in [-0.15, -0.1) is 0 Å². The van der Waals surface area contributed by atoms with Crippen LogP contribution in [0.25, 0.3) is 11.8 Å². The predicted octanol–water partition coefficient (Wildman–Crippen LogP) is 4.66. The van der Waals surface area contributed by atoms with Gasteiger partial charge in [-0.25, -0.2) is 0 Å². The van der Waals surface area contributed by atoms with E-state index in [2.05, 4.69) is 9.56 Å². The van der Waals surface area contributed by atoms with E-state index in [4.69, 9.17) is 10.1 Å². The molecule has 29 heavy (non-hydrogen) atoms. The Morgan fingerprint density at radius 1 is 1.21 bits per heavy atom. The summed E-state index contributed by atoms with van der Waals surface area (Å²) in [6.07, 6.45) is 3.61. The number of hydrogen-bond donors (Lipinski definition) is 1. The molecule has 7 heteroatoms. The summed E-state index contributed by atoms with van der Waals surface area (Å²) in [6.45, 7) is 8.57. The Labute approximate surface area is 174 Å². The normalized spacial score (nSPS) is 17.5. The Hall–Kier alpha value is -3.06. The summed E-state index contributed by atoms with van der Waals surface area (Å²) in [4.78, 5) is 19.4. The smallest absolute Gasteiger partial charge is 0.283 e. The second kappa shape index (κ2) is 7.40. The van der Waals surface area contributed by atoms with Crippen LogP contribution in [0.15, 0.2) is 52.0 Å². The minimum atomic E-state index is -0.372. The maximum atomic E-state index is 12.5. The lowest BCUT2D eigenvalue weighted by Crippen LogP contribution is -2.35. The van der Waals surface area contributed by atoms with Gasteiger partial charge < -0.3 is 9.30 Å². The quantitative estimate of drug-likeness (QED) is 0.750. The molecule has 4 rings (SSSR count). The third-order valence-corrected chi connectivity index (χ3v) is 5.77. The fraction of sp³-hybridized carbons (Fsp3) is 0.227. The number of benzene rings is 1. The minimum absolute atomic E-state index is 0.162. The van der Waals surface area contributed by atoms with Crippen LogP contribution >= 0.6 is 11.8 Å². The Bertz CT molecular complexity index is 1110. The van der Waals surface area contributed by atoms with Crippen LogP contribution in [0.2, 0.25) is 0 Å². The molecule has 0 saturated heterocycles. The van der Waals surface area contributed by atoms with E-state index in [1.165, 1.54) is 11.8 Å². The van der Waals surface area contributed by atoms with Gasteiger partial charge in [0.15, 0.2) is 5.17 Å². The number of thioether (sulfide) groups is 1. The van der Waals surface area contributed by atoms with Gasteiger partial charge in [0, 0.05) is 28.2 Å². The van der Waals surface area contributed by atoms with Crippen molar-refractivity contribution in [2.45, 2.75) is 27.7 Å². The molecule has 6 nitrogen and oxygen atoms in total. The van der Waals surface area contributed by atoms with E-state index in [9.17, 15) is 4.79 Å². The summed E-state index contributed by atoms with van der Waals surface area (Å²) in [7, 11) is 0. The number of carbonyl (C=O) groups excluding carboxylic acids is 1. The second-order valence-electron chi connectivity index (χ2n) is 6.91. The van der Waals surface area contributed by atoms with Crippen molar-refractivity contribution in [2.75, 3.05) is 6.61 Å². The molecule has 0 fully saturated rings. The standard InChI is InChI=1S/C22H22N4O2S/c1-5-28-18-8-6-17(7-9-18)26-13(2)10-16(15(26)4)11-19-20(23)25-12-14(3)29-22(25)24-21(19)27/h6-12,23H,5H2,1-4H3. The maximum Gasteiger partial charge on any atom is 0.283 e. The van der Waals surface area contributed by atoms with Crippen LogP contribution in [-0.4, -0.2) is 33.0 Å². The first-order chi connectivity index (χ1) is 13.9. The van der Waals surface area contributed by atoms with Crippen molar-refractivity contribution < 1.29 is 9.53 Å². The number of nitrogens with one attached hydrogen (secondary N) is 1. The summed E-state index contributed by atoms with van der Waals surface area (Å²) >= 11 is 1.41. The van der Waals surface area contributed by atoms with Crippen molar-refractivity contribution in [3.63, 3.8) is 0 Å². The van der Waals surface area contributed by atoms with E-state index in [1.807, 2.05) is 64.2 Å². The van der Waals surface area contributed by atoms with Crippen LogP contribution in [0.3, 0.4) is 0 Å². The third kappa shape index (κ3) is 3.42. The zero-order valence-electron chi connectivity index (χ0n) is 16.8. The number of amides is 1. The minimum Gasteiger partial charge on any atom is -0.494 e. The number of aliphatic imine (C=N–C) groups is 1. The zero-order chi connectivity index (χ0) is 20.7. The van der Waals surface area contributed by atoms with E-state index in [0.717, 1.165) is 33.3 Å². The van der Waals surface area contributed by atoms with Gasteiger partial charge in [0.25, 0.3) is 5.91 Å². The number of rotatable bonds is 4. The van der Waals surface area contributed by atoms with Crippen LogP contribution in [0, 0.1) is 19.3 Å². The molecule has 1 aromatic heterocycles. The second-order valence-corrected chi connectivity index (χ2v) is 8.12. The highest BCUT2D eigenvalue weighted by Gasteiger charge is 2.33. The van der Waals surface area contributed by atoms with Gasteiger partial charge in [-0.2, -0.15) is 4.99 Å². The van der Waals surface area contributed by atoms with Gasteiger partial charge >= 0.3 is 0 Å². The molecule has 2 aromatic rings. The van der Waals surface area contributed by atoms with E-state index in [-0.39, 0.29) is 11.7 Å². The fourth-order valence-corrected chi connectivity index (χ4v) is 4.36. The number of allylic oxidation sites excluding steroid dienone is 1. The summed E-state index contributed by atoms with van der Waals surface area (Å²) in [5.41, 5.74) is 4.26. The van der Waals surface area contributed by atoms with Crippen molar-refractivity contribution >= 4 is 34.7 Å². The zero-order valence-corrected chi connectivity index (χ0v) is 17.6. The molecule has 0 saturated carbocycles. The molecular weight excluding hydrogens is 384 g/mol. The molecule has 0 spiro atoms. The van der Waals surface area contributed by atoms with Gasteiger partial charge in [0.2, 0.25) is 0 Å². The van der Waals surface area contributed by atoms with Crippen LogP contribution in [-0.2, 0) is 4.79 Å². The van der Waals surface area contributed by atoms with E-state index >= 15 is 0 Å². The van der Waals surface area contributed by atoms with Crippen LogP contribution < -0.4 is 4.74 Å². The van der Waals surface area contributed by atoms with Gasteiger partial charge in [-0.3, -0.25) is 15.1 Å². The first kappa shape index (κ1) is 19.3. The van der Waals surface area contributed by atoms with E-state index in [0.29, 0.717) is 17.3 Å². The Balaban J connectivity index is 1.71. The molecule has 0 atom stereocenters. The molecule has 148 valence electrons. The molecule has 1 amide bonds. The molecule has 1 aromatic carbocycles. The number of aromatic nitrogens is 1. The van der Waals surface area contributed by atoms with Gasteiger partial charge in [-0.1, -0.05) is 11.8 Å². The number of ether oxygens (including phenoxy) is 1. The van der Waals surface area contributed by atoms with Crippen molar-refractivity contribution in [1.82, 2.24) is 9.47 Å². The number of amidine groups is 2. The predicted molar refractivity (Wildman–Crippen MR) is 118 cm³/mol. The average Bonchev–Trinajstić information content (AvgIpc) is 3.18. The van der Waals surface area contributed by atoms with Gasteiger partial charge in [0.05, 0.1) is 12.2 Å². The average molecular weight is 407 g/mol. The highest BCUT2D eigenvalue weighted by Crippen LogP contribution is 2.33. The Kier molecular flexibility index (Phi) is 4.92. The summed E-state index contributed by atoms with van der Waals surface area (Å²) in [5, 5.41) is 9.03. The highest BCUT2D eigenvalue weighted by molar-refractivity contribution is 8.17. The fourth-order valence-electron chi connectivity index (χ4n) is 3.55. The lowest BCUT2D eigenvalue weighted by Gasteiger charge is -2.22. The Morgan fingerprint density at radius 3 is 2.62 bits per heavy atom. The highest BCUT2D eigenvalue weighted by atomic mass is 32.2. The maximum absolute atomic E-state index is 12.5. The Morgan fingerprint density at radius 2 is 1.93 bits per heavy atom. The molecule has 0 bridgehead atoms. The topological polar surface area (TPSA) is 70.7 Å². The van der Waals surface area contributed by atoms with Crippen molar-refractivity contribution in [3.8, 4) is 11.4 Å². The number of fused-ring (bicyclic) bond motifs is 1. The molecule has 2 aliphatic heterocycles. The van der Waals surface area contributed by atoms with Crippen LogP contribution in [0.4, 0.5) is 0 Å². The summed E-state index contributed by atoms with van der Waals surface area (Å²) < 4.78 is 7.65. The molecule has 0 radical (unpaired) electrons. The summed E-state index contributed by atoms with van der Waals surface area (Å²) in [6, 6.07) is 9.96. The number of aryl methyl sites for hydroxylation is 1. The van der Waals surface area contributed by atoms with Crippen molar-refractivity contribution in [1.29, 1.82) is 5.41 Å². The molecule has 2 aliphatic rings. The SMILES string of the molecule is CCOc1ccc(-n2c(C)cc(C=C3C(=N)N4C=C(C)SC4=NC3=O)c2C)cc1. The molecule has 0 unspecified atom stereocenters. The largest absolute Gasteiger partial charge is 0.494 e.